The summed E-state index contributed by atoms with van der Waals surface area (Å²) in [6.07, 6.45) is 10.1. The van der Waals surface area contributed by atoms with Gasteiger partial charge in [-0.15, -0.1) is 0 Å². The van der Waals surface area contributed by atoms with Crippen LogP contribution in [0.3, 0.4) is 0 Å². The standard InChI is InChI=1S/C16H32N2O/c1-3-10-17-16(14-8-6-4-5-7-9-14)15-13-18(2)11-12-19-15/h14-17H,3-13H2,1-2H3. The lowest BCUT2D eigenvalue weighted by molar-refractivity contribution is -0.0505. The van der Waals surface area contributed by atoms with Crippen LogP contribution in [0.1, 0.15) is 51.9 Å². The molecule has 1 heterocycles. The third kappa shape index (κ3) is 4.73. The number of ether oxygens (including phenoxy) is 1. The summed E-state index contributed by atoms with van der Waals surface area (Å²) in [7, 11) is 2.22. The maximum atomic E-state index is 6.10. The molecule has 1 saturated carbocycles. The molecule has 2 fully saturated rings. The molecular weight excluding hydrogens is 236 g/mol. The zero-order chi connectivity index (χ0) is 13.5. The van der Waals surface area contributed by atoms with Crippen molar-refractivity contribution in [3.8, 4) is 0 Å². The van der Waals surface area contributed by atoms with Gasteiger partial charge in [-0.3, -0.25) is 0 Å². The molecule has 0 amide bonds. The first-order chi connectivity index (χ1) is 9.31. The van der Waals surface area contributed by atoms with E-state index in [1.54, 1.807) is 0 Å². The highest BCUT2D eigenvalue weighted by atomic mass is 16.5. The molecule has 19 heavy (non-hydrogen) atoms. The van der Waals surface area contributed by atoms with E-state index in [-0.39, 0.29) is 0 Å². The van der Waals surface area contributed by atoms with Gasteiger partial charge in [-0.2, -0.15) is 0 Å². The van der Waals surface area contributed by atoms with Gasteiger partial charge in [0.2, 0.25) is 0 Å². The van der Waals surface area contributed by atoms with Crippen LogP contribution in [0.5, 0.6) is 0 Å². The Hall–Kier alpha value is -0.120. The number of morpholine rings is 1. The lowest BCUT2D eigenvalue weighted by Gasteiger charge is -2.39. The molecule has 1 aliphatic heterocycles. The largest absolute Gasteiger partial charge is 0.374 e. The van der Waals surface area contributed by atoms with Gasteiger partial charge in [-0.25, -0.2) is 0 Å². The van der Waals surface area contributed by atoms with Crippen LogP contribution < -0.4 is 5.32 Å². The highest BCUT2D eigenvalue weighted by Gasteiger charge is 2.32. The van der Waals surface area contributed by atoms with E-state index in [0.717, 1.165) is 32.2 Å². The minimum Gasteiger partial charge on any atom is -0.374 e. The number of hydrogen-bond donors (Lipinski definition) is 1. The highest BCUT2D eigenvalue weighted by Crippen LogP contribution is 2.28. The summed E-state index contributed by atoms with van der Waals surface area (Å²) in [5.41, 5.74) is 0. The van der Waals surface area contributed by atoms with Crippen LogP contribution in [0.25, 0.3) is 0 Å². The van der Waals surface area contributed by atoms with Crippen molar-refractivity contribution in [1.29, 1.82) is 0 Å². The van der Waals surface area contributed by atoms with Crippen molar-refractivity contribution in [2.24, 2.45) is 5.92 Å². The minimum absolute atomic E-state index is 0.397. The van der Waals surface area contributed by atoms with Crippen molar-refractivity contribution in [3.63, 3.8) is 0 Å². The van der Waals surface area contributed by atoms with Gasteiger partial charge >= 0.3 is 0 Å². The fourth-order valence-corrected chi connectivity index (χ4v) is 3.61. The summed E-state index contributed by atoms with van der Waals surface area (Å²) >= 11 is 0. The molecule has 2 atom stereocenters. The van der Waals surface area contributed by atoms with Crippen molar-refractivity contribution >= 4 is 0 Å². The third-order valence-electron chi connectivity index (χ3n) is 4.73. The Kier molecular flexibility index (Phi) is 6.62. The first-order valence-electron chi connectivity index (χ1n) is 8.34. The predicted molar refractivity (Wildman–Crippen MR) is 80.5 cm³/mol. The number of hydrogen-bond acceptors (Lipinski definition) is 3. The van der Waals surface area contributed by atoms with E-state index in [1.165, 1.54) is 44.9 Å². The predicted octanol–water partition coefficient (Wildman–Crippen LogP) is 2.66. The molecule has 2 unspecified atom stereocenters. The second-order valence-corrected chi connectivity index (χ2v) is 6.40. The average Bonchev–Trinajstić information content (AvgIpc) is 2.68. The van der Waals surface area contributed by atoms with E-state index in [0.29, 0.717) is 12.1 Å². The third-order valence-corrected chi connectivity index (χ3v) is 4.73. The molecule has 1 N–H and O–H groups in total. The second-order valence-electron chi connectivity index (χ2n) is 6.40. The Bertz CT molecular complexity index is 237. The van der Waals surface area contributed by atoms with E-state index in [2.05, 4.69) is 24.2 Å². The van der Waals surface area contributed by atoms with Gasteiger partial charge in [0, 0.05) is 19.1 Å². The van der Waals surface area contributed by atoms with Gasteiger partial charge in [0.05, 0.1) is 12.7 Å². The van der Waals surface area contributed by atoms with Crippen LogP contribution in [0, 0.1) is 5.92 Å². The smallest absolute Gasteiger partial charge is 0.0857 e. The number of rotatable bonds is 5. The fraction of sp³-hybridized carbons (Fsp3) is 1.00. The highest BCUT2D eigenvalue weighted by molar-refractivity contribution is 4.88. The monoisotopic (exact) mass is 268 g/mol. The summed E-state index contributed by atoms with van der Waals surface area (Å²) < 4.78 is 6.10. The van der Waals surface area contributed by atoms with Crippen molar-refractivity contribution in [3.05, 3.63) is 0 Å². The number of likely N-dealkylation sites (N-methyl/N-ethyl adjacent to an activating group) is 1. The topological polar surface area (TPSA) is 24.5 Å². The maximum Gasteiger partial charge on any atom is 0.0857 e. The van der Waals surface area contributed by atoms with E-state index in [1.807, 2.05) is 0 Å². The van der Waals surface area contributed by atoms with Crippen molar-refractivity contribution in [2.75, 3.05) is 33.3 Å². The Labute approximate surface area is 119 Å². The Morgan fingerprint density at radius 3 is 2.58 bits per heavy atom. The normalized spacial score (nSPS) is 29.1. The molecule has 3 heteroatoms. The molecule has 1 aliphatic carbocycles. The second kappa shape index (κ2) is 8.23. The van der Waals surface area contributed by atoms with Crippen LogP contribution in [-0.2, 0) is 4.74 Å². The quantitative estimate of drug-likeness (QED) is 0.776. The van der Waals surface area contributed by atoms with Gasteiger partial charge < -0.3 is 15.0 Å². The molecule has 112 valence electrons. The molecule has 0 bridgehead atoms. The summed E-state index contributed by atoms with van der Waals surface area (Å²) in [6.45, 7) is 6.47. The molecule has 2 aliphatic rings. The van der Waals surface area contributed by atoms with Gasteiger partial charge in [0.1, 0.15) is 0 Å². The van der Waals surface area contributed by atoms with Gasteiger partial charge in [0.15, 0.2) is 0 Å². The van der Waals surface area contributed by atoms with Crippen molar-refractivity contribution in [2.45, 2.75) is 64.0 Å². The lowest BCUT2D eigenvalue weighted by atomic mass is 9.87. The summed E-state index contributed by atoms with van der Waals surface area (Å²) in [5.74, 6) is 0.825. The van der Waals surface area contributed by atoms with Crippen LogP contribution in [0.2, 0.25) is 0 Å². The van der Waals surface area contributed by atoms with Gasteiger partial charge in [-0.1, -0.05) is 32.6 Å². The molecule has 0 aromatic carbocycles. The maximum absolute atomic E-state index is 6.10. The Balaban J connectivity index is 1.96. The molecule has 2 rings (SSSR count). The van der Waals surface area contributed by atoms with Crippen LogP contribution in [-0.4, -0.2) is 50.3 Å². The van der Waals surface area contributed by atoms with Crippen molar-refractivity contribution in [1.82, 2.24) is 10.2 Å². The molecule has 0 aromatic rings. The van der Waals surface area contributed by atoms with Crippen molar-refractivity contribution < 1.29 is 4.74 Å². The first kappa shape index (κ1) is 15.3. The molecule has 0 aromatic heterocycles. The van der Waals surface area contributed by atoms with Crippen LogP contribution in [0.4, 0.5) is 0 Å². The van der Waals surface area contributed by atoms with E-state index >= 15 is 0 Å². The molecule has 0 radical (unpaired) electrons. The Morgan fingerprint density at radius 2 is 1.95 bits per heavy atom. The first-order valence-corrected chi connectivity index (χ1v) is 8.34. The van der Waals surface area contributed by atoms with E-state index in [4.69, 9.17) is 4.74 Å². The average molecular weight is 268 g/mol. The summed E-state index contributed by atoms with van der Waals surface area (Å²) in [6, 6.07) is 0.570. The SMILES string of the molecule is CCCNC(C1CCCCCC1)C1CN(C)CCO1. The molecule has 0 spiro atoms. The van der Waals surface area contributed by atoms with Gasteiger partial charge in [0.25, 0.3) is 0 Å². The van der Waals surface area contributed by atoms with Gasteiger partial charge in [-0.05, 0) is 38.8 Å². The summed E-state index contributed by atoms with van der Waals surface area (Å²) in [4.78, 5) is 2.42. The number of nitrogens with one attached hydrogen (secondary N) is 1. The van der Waals surface area contributed by atoms with Crippen LogP contribution in [0.15, 0.2) is 0 Å². The molecule has 3 nitrogen and oxygen atoms in total. The lowest BCUT2D eigenvalue weighted by Crippen LogP contribution is -2.54. The van der Waals surface area contributed by atoms with E-state index in [9.17, 15) is 0 Å². The molecule has 1 saturated heterocycles. The van der Waals surface area contributed by atoms with E-state index < -0.39 is 0 Å². The Morgan fingerprint density at radius 1 is 1.21 bits per heavy atom. The zero-order valence-electron chi connectivity index (χ0n) is 12.9. The molecular formula is C16H32N2O. The summed E-state index contributed by atoms with van der Waals surface area (Å²) in [5, 5.41) is 3.81. The fourth-order valence-electron chi connectivity index (χ4n) is 3.61. The van der Waals surface area contributed by atoms with Crippen LogP contribution >= 0.6 is 0 Å². The minimum atomic E-state index is 0.397. The zero-order valence-corrected chi connectivity index (χ0v) is 12.9. The number of nitrogens with zero attached hydrogens (tertiary/aromatic N) is 1.